The molecule has 1 fully saturated rings. The van der Waals surface area contributed by atoms with Crippen LogP contribution < -0.4 is 15.5 Å². The monoisotopic (exact) mass is 657 g/mol. The van der Waals surface area contributed by atoms with Gasteiger partial charge in [0.25, 0.3) is 5.91 Å². The number of amides is 3. The number of nitrogens with zero attached hydrogens (tertiary/aromatic N) is 1. The normalized spacial score (nSPS) is 17.4. The van der Waals surface area contributed by atoms with Crippen LogP contribution in [0.3, 0.4) is 0 Å². The molecule has 0 heterocycles. The second-order valence-corrected chi connectivity index (χ2v) is 11.9. The number of anilines is 3. The maximum Gasteiger partial charge on any atom is 0.411 e. The predicted molar refractivity (Wildman–Crippen MR) is 155 cm³/mol. The third-order valence-corrected chi connectivity index (χ3v) is 8.75. The van der Waals surface area contributed by atoms with Crippen LogP contribution in [0.1, 0.15) is 27.4 Å². The zero-order chi connectivity index (χ0) is 27.9. The maximum absolute atomic E-state index is 13.1. The van der Waals surface area contributed by atoms with Crippen LogP contribution in [0, 0.1) is 12.8 Å². The molecule has 0 aliphatic heterocycles. The van der Waals surface area contributed by atoms with E-state index >= 15 is 0 Å². The Morgan fingerprint density at radius 1 is 0.974 bits per heavy atom. The highest BCUT2D eigenvalue weighted by molar-refractivity contribution is 9.10. The molecular formula is C26H20BrCl4N3O4. The van der Waals surface area contributed by atoms with Gasteiger partial charge in [0, 0.05) is 34.5 Å². The fourth-order valence-corrected chi connectivity index (χ4v) is 5.53. The summed E-state index contributed by atoms with van der Waals surface area (Å²) in [5.74, 6) is -2.12. The molecule has 3 amide bonds. The SMILES string of the molecule is Cc1cc(N(C)C(=O)O)ccc1NC(=O)c1cc(NC(=O)[C@@H]2[C@@H](c3ccc(Br)c(Cl)c3)C2(Cl)Cl)ccc1Cl. The standard InChI is InChI=1S/C26H20BrCl4N3O4/c1-12-9-15(34(2)25(37)38)5-8-20(12)33-23(35)16-11-14(4-7-18(16)28)32-24(36)22-21(26(22,30)31)13-3-6-17(27)19(29)10-13/h3-11,21-22H,1-2H3,(H,32,36)(H,33,35)(H,37,38)/t21-,22+/m1/s1. The summed E-state index contributed by atoms with van der Waals surface area (Å²) in [4.78, 5) is 38.3. The van der Waals surface area contributed by atoms with Gasteiger partial charge in [-0.15, -0.1) is 23.2 Å². The molecule has 0 aromatic heterocycles. The van der Waals surface area contributed by atoms with Crippen LogP contribution in [0.2, 0.25) is 10.0 Å². The van der Waals surface area contributed by atoms with E-state index in [-0.39, 0.29) is 10.6 Å². The number of benzene rings is 3. The van der Waals surface area contributed by atoms with Crippen molar-refractivity contribution in [2.75, 3.05) is 22.6 Å². The highest BCUT2D eigenvalue weighted by Crippen LogP contribution is 2.65. The van der Waals surface area contributed by atoms with Crippen molar-refractivity contribution in [1.82, 2.24) is 0 Å². The molecule has 0 unspecified atom stereocenters. The minimum absolute atomic E-state index is 0.130. The fourth-order valence-electron chi connectivity index (χ4n) is 4.07. The molecule has 0 bridgehead atoms. The van der Waals surface area contributed by atoms with E-state index in [1.165, 1.54) is 19.2 Å². The molecule has 12 heteroatoms. The summed E-state index contributed by atoms with van der Waals surface area (Å²) >= 11 is 28.7. The maximum atomic E-state index is 13.1. The number of rotatable bonds is 6. The molecular weight excluding hydrogens is 640 g/mol. The van der Waals surface area contributed by atoms with Crippen molar-refractivity contribution in [3.05, 3.63) is 85.8 Å². The van der Waals surface area contributed by atoms with Gasteiger partial charge in [0.05, 0.1) is 21.5 Å². The quantitative estimate of drug-likeness (QED) is 0.234. The first-order valence-electron chi connectivity index (χ1n) is 11.1. The Kier molecular flexibility index (Phi) is 8.21. The van der Waals surface area contributed by atoms with E-state index in [0.717, 1.165) is 10.5 Å². The molecule has 3 aromatic carbocycles. The summed E-state index contributed by atoms with van der Waals surface area (Å²) in [5.41, 5.74) is 2.78. The molecule has 7 nitrogen and oxygen atoms in total. The van der Waals surface area contributed by atoms with Crippen LogP contribution in [-0.2, 0) is 4.79 Å². The molecule has 3 aromatic rings. The number of hydrogen-bond acceptors (Lipinski definition) is 3. The smallest absolute Gasteiger partial charge is 0.411 e. The number of carbonyl (C=O) groups excluding carboxylic acids is 2. The van der Waals surface area contributed by atoms with Gasteiger partial charge in [-0.1, -0.05) is 29.3 Å². The zero-order valence-corrected chi connectivity index (χ0v) is 24.5. The molecule has 38 heavy (non-hydrogen) atoms. The first-order valence-corrected chi connectivity index (χ1v) is 13.4. The van der Waals surface area contributed by atoms with Crippen molar-refractivity contribution >= 4 is 97.3 Å². The van der Waals surface area contributed by atoms with Crippen LogP contribution >= 0.6 is 62.3 Å². The average Bonchev–Trinajstić information content (AvgIpc) is 3.44. The van der Waals surface area contributed by atoms with E-state index in [0.29, 0.717) is 32.1 Å². The second kappa shape index (κ2) is 10.9. The molecule has 198 valence electrons. The molecule has 4 rings (SSSR count). The predicted octanol–water partition coefficient (Wildman–Crippen LogP) is 7.96. The van der Waals surface area contributed by atoms with E-state index < -0.39 is 34.1 Å². The van der Waals surface area contributed by atoms with Crippen molar-refractivity contribution in [1.29, 1.82) is 0 Å². The highest BCUT2D eigenvalue weighted by Gasteiger charge is 2.67. The third-order valence-electron chi connectivity index (χ3n) is 6.25. The van der Waals surface area contributed by atoms with Crippen LogP contribution in [0.4, 0.5) is 21.9 Å². The summed E-state index contributed by atoms with van der Waals surface area (Å²) in [6.45, 7) is 1.74. The van der Waals surface area contributed by atoms with Gasteiger partial charge in [0.15, 0.2) is 0 Å². The lowest BCUT2D eigenvalue weighted by molar-refractivity contribution is -0.117. The van der Waals surface area contributed by atoms with Gasteiger partial charge < -0.3 is 15.7 Å². The molecule has 1 aliphatic carbocycles. The van der Waals surface area contributed by atoms with Gasteiger partial charge in [0.2, 0.25) is 5.91 Å². The van der Waals surface area contributed by atoms with Gasteiger partial charge in [0.1, 0.15) is 4.33 Å². The van der Waals surface area contributed by atoms with Gasteiger partial charge in [-0.2, -0.15) is 0 Å². The Morgan fingerprint density at radius 3 is 2.32 bits per heavy atom. The van der Waals surface area contributed by atoms with Gasteiger partial charge in [-0.3, -0.25) is 14.5 Å². The highest BCUT2D eigenvalue weighted by atomic mass is 79.9. The number of nitrogens with one attached hydrogen (secondary N) is 2. The molecule has 0 radical (unpaired) electrons. The lowest BCUT2D eigenvalue weighted by atomic mass is 10.1. The Labute approximate surface area is 247 Å². The first kappa shape index (κ1) is 28.5. The van der Waals surface area contributed by atoms with Crippen LogP contribution in [0.15, 0.2) is 59.1 Å². The van der Waals surface area contributed by atoms with Gasteiger partial charge in [-0.05, 0) is 82.5 Å². The van der Waals surface area contributed by atoms with E-state index in [1.54, 1.807) is 49.4 Å². The molecule has 1 aliphatic rings. The van der Waals surface area contributed by atoms with Crippen molar-refractivity contribution in [3.8, 4) is 0 Å². The number of hydrogen-bond donors (Lipinski definition) is 3. The van der Waals surface area contributed by atoms with Crippen molar-refractivity contribution in [3.63, 3.8) is 0 Å². The molecule has 1 saturated carbocycles. The van der Waals surface area contributed by atoms with Crippen LogP contribution in [0.25, 0.3) is 0 Å². The van der Waals surface area contributed by atoms with Crippen LogP contribution in [-0.4, -0.2) is 34.4 Å². The lowest BCUT2D eigenvalue weighted by Gasteiger charge is -2.16. The fraction of sp³-hybridized carbons (Fsp3) is 0.192. The molecule has 2 atom stereocenters. The second-order valence-electron chi connectivity index (χ2n) is 8.78. The Balaban J connectivity index is 1.49. The minimum atomic E-state index is -1.31. The van der Waals surface area contributed by atoms with Crippen molar-refractivity contribution in [2.24, 2.45) is 5.92 Å². The van der Waals surface area contributed by atoms with Crippen molar-refractivity contribution in [2.45, 2.75) is 17.2 Å². The number of carbonyl (C=O) groups is 3. The third kappa shape index (κ3) is 5.75. The topological polar surface area (TPSA) is 98.7 Å². The molecule has 0 saturated heterocycles. The van der Waals surface area contributed by atoms with Crippen LogP contribution in [0.5, 0.6) is 0 Å². The Bertz CT molecular complexity index is 1470. The zero-order valence-electron chi connectivity index (χ0n) is 19.9. The van der Waals surface area contributed by atoms with Crippen molar-refractivity contribution < 1.29 is 19.5 Å². The van der Waals surface area contributed by atoms with E-state index in [4.69, 9.17) is 51.5 Å². The Hall–Kier alpha value is -2.49. The molecule has 0 spiro atoms. The Morgan fingerprint density at radius 2 is 1.68 bits per heavy atom. The number of aryl methyl sites for hydroxylation is 1. The summed E-state index contributed by atoms with van der Waals surface area (Å²) in [7, 11) is 1.42. The largest absolute Gasteiger partial charge is 0.465 e. The average molecular weight is 660 g/mol. The van der Waals surface area contributed by atoms with Gasteiger partial charge >= 0.3 is 6.09 Å². The van der Waals surface area contributed by atoms with E-state index in [9.17, 15) is 14.4 Å². The van der Waals surface area contributed by atoms with Gasteiger partial charge in [-0.25, -0.2) is 4.79 Å². The van der Waals surface area contributed by atoms with E-state index in [1.807, 2.05) is 0 Å². The lowest BCUT2D eigenvalue weighted by Crippen LogP contribution is -2.24. The number of alkyl halides is 2. The summed E-state index contributed by atoms with van der Waals surface area (Å²) in [6, 6.07) is 14.6. The first-order chi connectivity index (χ1) is 17.8. The number of halogens is 5. The molecule has 3 N–H and O–H groups in total. The summed E-state index contributed by atoms with van der Waals surface area (Å²) in [6.07, 6.45) is -1.11. The minimum Gasteiger partial charge on any atom is -0.465 e. The number of carboxylic acid groups (broad SMARTS) is 1. The van der Waals surface area contributed by atoms with E-state index in [2.05, 4.69) is 26.6 Å². The summed E-state index contributed by atoms with van der Waals surface area (Å²) in [5, 5.41) is 15.3. The summed E-state index contributed by atoms with van der Waals surface area (Å²) < 4.78 is -0.600.